The lowest BCUT2D eigenvalue weighted by Gasteiger charge is -2.11. The molecule has 0 aromatic heterocycles. The van der Waals surface area contributed by atoms with Crippen molar-refractivity contribution >= 4 is 34.0 Å². The van der Waals surface area contributed by atoms with Crippen LogP contribution in [0, 0.1) is 0 Å². The van der Waals surface area contributed by atoms with Crippen LogP contribution in [0.1, 0.15) is 74.2 Å². The maximum atomic E-state index is 12.7. The quantitative estimate of drug-likeness (QED) is 0.102. The molecule has 7 nitrogen and oxygen atoms in total. The van der Waals surface area contributed by atoms with E-state index in [-0.39, 0.29) is 5.91 Å². The van der Waals surface area contributed by atoms with Crippen molar-refractivity contribution in [3.63, 3.8) is 0 Å². The zero-order valence-electron chi connectivity index (χ0n) is 20.1. The smallest absolute Gasteiger partial charge is 0.343 e. The molecule has 0 spiro atoms. The molecule has 34 heavy (non-hydrogen) atoms. The number of carbonyl (C=O) groups is 2. The van der Waals surface area contributed by atoms with Crippen molar-refractivity contribution in [3.8, 4) is 17.2 Å². The van der Waals surface area contributed by atoms with E-state index in [1.54, 1.807) is 36.4 Å². The molecule has 0 bridgehead atoms. The summed E-state index contributed by atoms with van der Waals surface area (Å²) in [6.07, 6.45) is 9.94. The fourth-order valence-corrected chi connectivity index (χ4v) is 3.69. The van der Waals surface area contributed by atoms with Gasteiger partial charge in [-0.15, -0.1) is 0 Å². The summed E-state index contributed by atoms with van der Waals surface area (Å²) in [4.78, 5) is 24.7. The fraction of sp³-hybridized carbons (Fsp3) is 0.423. The van der Waals surface area contributed by atoms with E-state index in [1.165, 1.54) is 46.1 Å². The van der Waals surface area contributed by atoms with E-state index >= 15 is 0 Å². The minimum absolute atomic E-state index is 0.135. The summed E-state index contributed by atoms with van der Waals surface area (Å²) in [7, 11) is 3.02. The Hall–Kier alpha value is -2.87. The molecule has 1 amide bonds. The molecule has 0 heterocycles. The number of unbranched alkanes of at least 4 members (excludes halogenated alkanes) is 6. The van der Waals surface area contributed by atoms with Crippen LogP contribution in [0.25, 0.3) is 0 Å². The van der Waals surface area contributed by atoms with Crippen LogP contribution in [0.4, 0.5) is 0 Å². The minimum Gasteiger partial charge on any atom is -0.493 e. The predicted molar refractivity (Wildman–Crippen MR) is 137 cm³/mol. The number of hydrogen-bond donors (Lipinski definition) is 1. The lowest BCUT2D eigenvalue weighted by Crippen LogP contribution is -2.17. The number of methoxy groups -OCH3 is 2. The number of halogens is 1. The van der Waals surface area contributed by atoms with Gasteiger partial charge >= 0.3 is 5.97 Å². The van der Waals surface area contributed by atoms with Gasteiger partial charge in [0.25, 0.3) is 0 Å². The van der Waals surface area contributed by atoms with Crippen LogP contribution in [0.2, 0.25) is 0 Å². The molecular formula is C26H33BrN2O5. The number of hydrazone groups is 1. The summed E-state index contributed by atoms with van der Waals surface area (Å²) in [5.74, 6) is 0.568. The van der Waals surface area contributed by atoms with Crippen molar-refractivity contribution in [3.05, 3.63) is 52.0 Å². The number of rotatable bonds is 14. The molecule has 0 saturated carbocycles. The van der Waals surface area contributed by atoms with E-state index in [1.807, 2.05) is 0 Å². The molecular weight excluding hydrogens is 500 g/mol. The maximum Gasteiger partial charge on any atom is 0.343 e. The highest BCUT2D eigenvalue weighted by Crippen LogP contribution is 2.29. The van der Waals surface area contributed by atoms with Crippen molar-refractivity contribution in [2.75, 3.05) is 14.2 Å². The van der Waals surface area contributed by atoms with Crippen LogP contribution >= 0.6 is 15.9 Å². The lowest BCUT2D eigenvalue weighted by atomic mass is 10.1. The molecule has 0 atom stereocenters. The zero-order valence-corrected chi connectivity index (χ0v) is 21.7. The normalized spacial score (nSPS) is 10.8. The van der Waals surface area contributed by atoms with Crippen LogP contribution in [0.3, 0.4) is 0 Å². The highest BCUT2D eigenvalue weighted by atomic mass is 79.9. The first-order valence-corrected chi connectivity index (χ1v) is 12.3. The molecule has 0 fully saturated rings. The van der Waals surface area contributed by atoms with Gasteiger partial charge in [-0.05, 0) is 42.8 Å². The van der Waals surface area contributed by atoms with E-state index in [2.05, 4.69) is 33.4 Å². The zero-order chi connectivity index (χ0) is 24.8. The van der Waals surface area contributed by atoms with Gasteiger partial charge in [0, 0.05) is 16.5 Å². The molecule has 0 unspecified atom stereocenters. The molecule has 2 aromatic rings. The molecule has 0 aliphatic rings. The van der Waals surface area contributed by atoms with Crippen molar-refractivity contribution in [2.24, 2.45) is 5.10 Å². The van der Waals surface area contributed by atoms with E-state index in [0.29, 0.717) is 34.8 Å². The first-order valence-electron chi connectivity index (χ1n) is 11.5. The summed E-state index contributed by atoms with van der Waals surface area (Å²) in [5, 5.41) is 4.04. The molecule has 0 radical (unpaired) electrons. The van der Waals surface area contributed by atoms with E-state index in [0.717, 1.165) is 23.7 Å². The summed E-state index contributed by atoms with van der Waals surface area (Å²) in [6.45, 7) is 2.20. The third-order valence-electron chi connectivity index (χ3n) is 5.19. The number of ether oxygens (including phenoxy) is 3. The summed E-state index contributed by atoms with van der Waals surface area (Å²) in [5.41, 5.74) is 3.40. The van der Waals surface area contributed by atoms with Gasteiger partial charge in [0.1, 0.15) is 5.75 Å². The number of hydrogen-bond acceptors (Lipinski definition) is 6. The first-order chi connectivity index (χ1) is 16.5. The molecule has 2 aromatic carbocycles. The van der Waals surface area contributed by atoms with Gasteiger partial charge in [-0.2, -0.15) is 5.10 Å². The second-order valence-electron chi connectivity index (χ2n) is 7.81. The Morgan fingerprint density at radius 2 is 1.59 bits per heavy atom. The second-order valence-corrected chi connectivity index (χ2v) is 8.72. The van der Waals surface area contributed by atoms with Crippen LogP contribution in [-0.4, -0.2) is 32.3 Å². The predicted octanol–water partition coefficient (Wildman–Crippen LogP) is 6.28. The van der Waals surface area contributed by atoms with Gasteiger partial charge in [0.15, 0.2) is 11.5 Å². The van der Waals surface area contributed by atoms with Gasteiger partial charge in [0.05, 0.1) is 26.0 Å². The molecule has 8 heteroatoms. The van der Waals surface area contributed by atoms with Gasteiger partial charge < -0.3 is 14.2 Å². The fourth-order valence-electron chi connectivity index (χ4n) is 3.31. The average molecular weight is 533 g/mol. The van der Waals surface area contributed by atoms with Gasteiger partial charge in [0.2, 0.25) is 5.91 Å². The summed E-state index contributed by atoms with van der Waals surface area (Å²) < 4.78 is 16.8. The largest absolute Gasteiger partial charge is 0.493 e. The van der Waals surface area contributed by atoms with Gasteiger partial charge in [-0.1, -0.05) is 61.4 Å². The van der Waals surface area contributed by atoms with Crippen molar-refractivity contribution < 1.29 is 23.8 Å². The maximum absolute atomic E-state index is 12.7. The second kappa shape index (κ2) is 15.1. The Bertz CT molecular complexity index is 978. The molecule has 0 aliphatic carbocycles. The van der Waals surface area contributed by atoms with Crippen molar-refractivity contribution in [1.82, 2.24) is 5.43 Å². The van der Waals surface area contributed by atoms with Crippen molar-refractivity contribution in [1.29, 1.82) is 0 Å². The third kappa shape index (κ3) is 9.17. The standard InChI is InChI=1S/C26H33BrN2O5/c1-4-5-6-7-8-9-10-11-25(30)29-28-18-20-16-21(27)13-15-22(20)34-26(31)19-12-14-23(32-2)24(17-19)33-3/h12-18H,4-11H2,1-3H3,(H,29,30)/b28-18+. The van der Waals surface area contributed by atoms with Gasteiger partial charge in [-0.3, -0.25) is 4.79 Å². The Kier molecular flexibility index (Phi) is 12.2. The van der Waals surface area contributed by atoms with Crippen LogP contribution in [0.15, 0.2) is 46.0 Å². The number of esters is 1. The Morgan fingerprint density at radius 3 is 2.29 bits per heavy atom. The number of nitrogens with zero attached hydrogens (tertiary/aromatic N) is 1. The summed E-state index contributed by atoms with van der Waals surface area (Å²) in [6, 6.07) is 9.96. The number of amides is 1. The van der Waals surface area contributed by atoms with Gasteiger partial charge in [-0.25, -0.2) is 10.2 Å². The monoisotopic (exact) mass is 532 g/mol. The van der Waals surface area contributed by atoms with E-state index in [9.17, 15) is 9.59 Å². The molecule has 0 aliphatic heterocycles. The van der Waals surface area contributed by atoms with Crippen LogP contribution in [-0.2, 0) is 4.79 Å². The van der Waals surface area contributed by atoms with E-state index in [4.69, 9.17) is 14.2 Å². The van der Waals surface area contributed by atoms with Crippen LogP contribution < -0.4 is 19.6 Å². The number of benzene rings is 2. The third-order valence-corrected chi connectivity index (χ3v) is 5.69. The Balaban J connectivity index is 1.93. The minimum atomic E-state index is -0.555. The number of nitrogens with one attached hydrogen (secondary N) is 1. The SMILES string of the molecule is CCCCCCCCCC(=O)N/N=C/c1cc(Br)ccc1OC(=O)c1ccc(OC)c(OC)c1. The lowest BCUT2D eigenvalue weighted by molar-refractivity contribution is -0.121. The van der Waals surface area contributed by atoms with Crippen molar-refractivity contribution in [2.45, 2.75) is 58.3 Å². The van der Waals surface area contributed by atoms with Crippen LogP contribution in [0.5, 0.6) is 17.2 Å². The molecule has 2 rings (SSSR count). The molecule has 0 saturated heterocycles. The Morgan fingerprint density at radius 1 is 0.912 bits per heavy atom. The highest BCUT2D eigenvalue weighted by Gasteiger charge is 2.15. The topological polar surface area (TPSA) is 86.2 Å². The molecule has 184 valence electrons. The highest BCUT2D eigenvalue weighted by molar-refractivity contribution is 9.10. The van der Waals surface area contributed by atoms with E-state index < -0.39 is 5.97 Å². The summed E-state index contributed by atoms with van der Waals surface area (Å²) >= 11 is 3.41. The first kappa shape index (κ1) is 27.4. The molecule has 1 N–H and O–H groups in total. The average Bonchev–Trinajstić information content (AvgIpc) is 2.84. The Labute approximate surface area is 210 Å². The number of carbonyl (C=O) groups excluding carboxylic acids is 2.